The largest absolute Gasteiger partial charge is 0.343 e. The second-order valence-electron chi connectivity index (χ2n) is 5.59. The van der Waals surface area contributed by atoms with Crippen LogP contribution in [0.15, 0.2) is 0 Å². The zero-order valence-corrected chi connectivity index (χ0v) is 11.8. The first kappa shape index (κ1) is 12.6. The van der Waals surface area contributed by atoms with Crippen LogP contribution in [0, 0.1) is 0 Å². The molecule has 0 spiro atoms. The lowest BCUT2D eigenvalue weighted by molar-refractivity contribution is 0.112. The Morgan fingerprint density at radius 3 is 2.59 bits per heavy atom. The van der Waals surface area contributed by atoms with Crippen LogP contribution in [0.3, 0.4) is 0 Å². The third-order valence-electron chi connectivity index (χ3n) is 3.46. The first-order valence-corrected chi connectivity index (χ1v) is 7.01. The predicted molar refractivity (Wildman–Crippen MR) is 72.2 cm³/mol. The van der Waals surface area contributed by atoms with Gasteiger partial charge in [-0.05, 0) is 32.6 Å². The highest BCUT2D eigenvalue weighted by atomic mass is 32.1. The number of anilines is 1. The van der Waals surface area contributed by atoms with Crippen molar-refractivity contribution in [2.45, 2.75) is 52.0 Å². The van der Waals surface area contributed by atoms with Gasteiger partial charge in [0.15, 0.2) is 11.4 Å². The fraction of sp³-hybridized carbons (Fsp3) is 0.692. The highest BCUT2D eigenvalue weighted by Crippen LogP contribution is 2.38. The fourth-order valence-corrected chi connectivity index (χ4v) is 3.63. The highest BCUT2D eigenvalue weighted by Gasteiger charge is 2.34. The van der Waals surface area contributed by atoms with Gasteiger partial charge in [0, 0.05) is 12.1 Å². The summed E-state index contributed by atoms with van der Waals surface area (Å²) in [6.45, 7) is 9.71. The van der Waals surface area contributed by atoms with Crippen molar-refractivity contribution in [3.05, 3.63) is 10.6 Å². The van der Waals surface area contributed by atoms with Crippen LogP contribution >= 0.6 is 11.3 Å². The van der Waals surface area contributed by atoms with E-state index in [4.69, 9.17) is 0 Å². The minimum Gasteiger partial charge on any atom is -0.343 e. The number of carbonyl (C=O) groups is 1. The average molecular weight is 252 g/mol. The Bertz CT molecular complexity index is 423. The first-order valence-electron chi connectivity index (χ1n) is 6.19. The maximum Gasteiger partial charge on any atom is 0.186 e. The van der Waals surface area contributed by atoms with Crippen LogP contribution in [-0.2, 0) is 0 Å². The maximum absolute atomic E-state index is 11.1. The summed E-state index contributed by atoms with van der Waals surface area (Å²) >= 11 is 1.53. The fourth-order valence-electron chi connectivity index (χ4n) is 2.41. The van der Waals surface area contributed by atoms with Gasteiger partial charge in [0.05, 0.1) is 10.6 Å². The average Bonchev–Trinajstić information content (AvgIpc) is 2.80. The normalized spacial score (nSPS) is 19.0. The third kappa shape index (κ3) is 2.23. The molecule has 0 aromatic carbocycles. The number of hydrogen-bond acceptors (Lipinski definition) is 4. The Morgan fingerprint density at radius 1 is 1.47 bits per heavy atom. The van der Waals surface area contributed by atoms with Gasteiger partial charge in [-0.1, -0.05) is 25.2 Å². The summed E-state index contributed by atoms with van der Waals surface area (Å²) in [6.07, 6.45) is 3.35. The van der Waals surface area contributed by atoms with Gasteiger partial charge in [-0.25, -0.2) is 4.98 Å². The molecule has 0 N–H and O–H groups in total. The molecule has 1 aliphatic rings. The van der Waals surface area contributed by atoms with Crippen LogP contribution in [-0.4, -0.2) is 23.4 Å². The predicted octanol–water partition coefficient (Wildman–Crippen LogP) is 3.46. The molecular formula is C13H20N2OS. The van der Waals surface area contributed by atoms with E-state index in [-0.39, 0.29) is 5.54 Å². The summed E-state index contributed by atoms with van der Waals surface area (Å²) in [4.78, 5) is 18.9. The molecule has 1 saturated heterocycles. The van der Waals surface area contributed by atoms with Crippen molar-refractivity contribution in [1.82, 2.24) is 4.98 Å². The van der Waals surface area contributed by atoms with E-state index >= 15 is 0 Å². The van der Waals surface area contributed by atoms with E-state index in [0.717, 1.165) is 28.5 Å². The van der Waals surface area contributed by atoms with Crippen molar-refractivity contribution in [3.8, 4) is 0 Å². The summed E-state index contributed by atoms with van der Waals surface area (Å²) in [5, 5.41) is 1.01. The Hall–Kier alpha value is -0.900. The number of aromatic nitrogens is 1. The van der Waals surface area contributed by atoms with E-state index in [1.54, 1.807) is 0 Å². The monoisotopic (exact) mass is 252 g/mol. The molecule has 4 heteroatoms. The van der Waals surface area contributed by atoms with Crippen molar-refractivity contribution in [2.24, 2.45) is 0 Å². The molecule has 0 atom stereocenters. The summed E-state index contributed by atoms with van der Waals surface area (Å²) < 4.78 is 0. The van der Waals surface area contributed by atoms with E-state index in [2.05, 4.69) is 37.6 Å². The van der Waals surface area contributed by atoms with Crippen molar-refractivity contribution in [2.75, 3.05) is 11.4 Å². The molecule has 0 radical (unpaired) electrons. The van der Waals surface area contributed by atoms with Crippen molar-refractivity contribution in [1.29, 1.82) is 0 Å². The standard InChI is InChI=1S/C13H20N2OS/c1-9(2)11-10(8-16)17-12(14-11)15-7-5-6-13(15,3)4/h8-9H,5-7H2,1-4H3. The summed E-state index contributed by atoms with van der Waals surface area (Å²) in [6, 6.07) is 0. The Kier molecular flexibility index (Phi) is 3.25. The molecule has 94 valence electrons. The molecule has 0 unspecified atom stereocenters. The third-order valence-corrected chi connectivity index (χ3v) is 4.48. The molecule has 1 aromatic rings. The Labute approximate surface area is 107 Å². The lowest BCUT2D eigenvalue weighted by Gasteiger charge is -2.31. The van der Waals surface area contributed by atoms with E-state index in [1.165, 1.54) is 24.2 Å². The molecule has 0 amide bonds. The van der Waals surface area contributed by atoms with Crippen LogP contribution in [0.5, 0.6) is 0 Å². The smallest absolute Gasteiger partial charge is 0.186 e. The van der Waals surface area contributed by atoms with Gasteiger partial charge in [0.1, 0.15) is 0 Å². The number of thiazole rings is 1. The number of carbonyl (C=O) groups excluding carboxylic acids is 1. The van der Waals surface area contributed by atoms with Gasteiger partial charge in [-0.3, -0.25) is 4.79 Å². The quantitative estimate of drug-likeness (QED) is 0.772. The van der Waals surface area contributed by atoms with Gasteiger partial charge in [-0.2, -0.15) is 0 Å². The van der Waals surface area contributed by atoms with E-state index in [9.17, 15) is 4.79 Å². The molecule has 17 heavy (non-hydrogen) atoms. The van der Waals surface area contributed by atoms with Crippen LogP contribution in [0.25, 0.3) is 0 Å². The highest BCUT2D eigenvalue weighted by molar-refractivity contribution is 7.17. The van der Waals surface area contributed by atoms with Gasteiger partial charge in [0.25, 0.3) is 0 Å². The summed E-state index contributed by atoms with van der Waals surface area (Å²) in [5.74, 6) is 0.311. The van der Waals surface area contributed by atoms with Crippen molar-refractivity contribution in [3.63, 3.8) is 0 Å². The molecule has 0 saturated carbocycles. The van der Waals surface area contributed by atoms with Gasteiger partial charge in [0.2, 0.25) is 0 Å². The molecular weight excluding hydrogens is 232 g/mol. The number of nitrogens with zero attached hydrogens (tertiary/aromatic N) is 2. The molecule has 1 fully saturated rings. The zero-order valence-electron chi connectivity index (χ0n) is 11.0. The molecule has 3 nitrogen and oxygen atoms in total. The molecule has 2 rings (SSSR count). The maximum atomic E-state index is 11.1. The summed E-state index contributed by atoms with van der Waals surface area (Å²) in [7, 11) is 0. The minimum atomic E-state index is 0.173. The number of hydrogen-bond donors (Lipinski definition) is 0. The lowest BCUT2D eigenvalue weighted by atomic mass is 10.0. The first-order chi connectivity index (χ1) is 7.95. The second-order valence-corrected chi connectivity index (χ2v) is 6.60. The molecule has 1 aliphatic heterocycles. The molecule has 0 aliphatic carbocycles. The lowest BCUT2D eigenvalue weighted by Crippen LogP contribution is -2.38. The number of rotatable bonds is 3. The van der Waals surface area contributed by atoms with Crippen LogP contribution in [0.2, 0.25) is 0 Å². The number of aldehydes is 1. The minimum absolute atomic E-state index is 0.173. The van der Waals surface area contributed by atoms with Crippen LogP contribution in [0.4, 0.5) is 5.13 Å². The molecule has 2 heterocycles. The van der Waals surface area contributed by atoms with E-state index in [0.29, 0.717) is 5.92 Å². The van der Waals surface area contributed by atoms with Crippen molar-refractivity contribution >= 4 is 22.8 Å². The van der Waals surface area contributed by atoms with Crippen molar-refractivity contribution < 1.29 is 4.79 Å². The molecule has 0 bridgehead atoms. The SMILES string of the molecule is CC(C)c1nc(N2CCCC2(C)C)sc1C=O. The molecule has 1 aromatic heterocycles. The van der Waals surface area contributed by atoms with Crippen LogP contribution in [0.1, 0.15) is 61.8 Å². The van der Waals surface area contributed by atoms with Gasteiger partial charge >= 0.3 is 0 Å². The Morgan fingerprint density at radius 2 is 2.18 bits per heavy atom. The topological polar surface area (TPSA) is 33.2 Å². The summed E-state index contributed by atoms with van der Waals surface area (Å²) in [5.41, 5.74) is 1.12. The second kappa shape index (κ2) is 4.41. The zero-order chi connectivity index (χ0) is 12.6. The Balaban J connectivity index is 2.37. The van der Waals surface area contributed by atoms with Gasteiger partial charge in [-0.15, -0.1) is 0 Å². The van der Waals surface area contributed by atoms with Crippen LogP contribution < -0.4 is 4.90 Å². The van der Waals surface area contributed by atoms with E-state index < -0.39 is 0 Å². The van der Waals surface area contributed by atoms with E-state index in [1.807, 2.05) is 0 Å². The van der Waals surface area contributed by atoms with Gasteiger partial charge < -0.3 is 4.90 Å².